The lowest BCUT2D eigenvalue weighted by molar-refractivity contribution is 0.385. The third kappa shape index (κ3) is 3.92. The van der Waals surface area contributed by atoms with E-state index >= 15 is 0 Å². The quantitative estimate of drug-likeness (QED) is 0.803. The lowest BCUT2D eigenvalue weighted by Gasteiger charge is -2.01. The summed E-state index contributed by atoms with van der Waals surface area (Å²) in [6.45, 7) is 2.69. The largest absolute Gasteiger partial charge is 0.338 e. The van der Waals surface area contributed by atoms with Crippen LogP contribution in [0.5, 0.6) is 0 Å². The van der Waals surface area contributed by atoms with E-state index in [1.165, 1.54) is 11.8 Å². The fourth-order valence-electron chi connectivity index (χ4n) is 1.40. The summed E-state index contributed by atoms with van der Waals surface area (Å²) in [5.41, 5.74) is 0. The van der Waals surface area contributed by atoms with E-state index in [4.69, 9.17) is 4.52 Å². The Morgan fingerprint density at radius 1 is 1.37 bits per heavy atom. The molecular weight excluding hydrogens is 288 g/mol. The number of nitrogens with zero attached hydrogens (tertiary/aromatic N) is 5. The van der Waals surface area contributed by atoms with Crippen LogP contribution < -0.4 is 5.32 Å². The van der Waals surface area contributed by atoms with Gasteiger partial charge in [0.1, 0.15) is 5.82 Å². The standard InChI is InChI=1S/C10H16N6OS.ClH/c1-4-7-12-9(17-15-7)6-18-10-14-13-8(5-11-2)16(10)3;/h11H,4-6H2,1-3H3;1H. The molecule has 0 spiro atoms. The van der Waals surface area contributed by atoms with Gasteiger partial charge < -0.3 is 14.4 Å². The molecule has 2 rings (SSSR count). The maximum absolute atomic E-state index is 5.12. The van der Waals surface area contributed by atoms with Crippen LogP contribution in [0.1, 0.15) is 24.5 Å². The molecule has 0 unspecified atom stereocenters. The fraction of sp³-hybridized carbons (Fsp3) is 0.600. The van der Waals surface area contributed by atoms with Crippen molar-refractivity contribution in [2.75, 3.05) is 7.05 Å². The van der Waals surface area contributed by atoms with Gasteiger partial charge in [-0.15, -0.1) is 22.6 Å². The van der Waals surface area contributed by atoms with E-state index in [9.17, 15) is 0 Å². The number of rotatable bonds is 6. The normalized spacial score (nSPS) is 10.5. The molecule has 0 aliphatic heterocycles. The maximum Gasteiger partial charge on any atom is 0.237 e. The molecule has 0 aliphatic carbocycles. The molecule has 0 bridgehead atoms. The van der Waals surface area contributed by atoms with Crippen LogP contribution >= 0.6 is 24.2 Å². The Balaban J connectivity index is 0.00000180. The van der Waals surface area contributed by atoms with E-state index in [2.05, 4.69) is 25.7 Å². The monoisotopic (exact) mass is 304 g/mol. The zero-order chi connectivity index (χ0) is 13.0. The molecule has 0 radical (unpaired) electrons. The van der Waals surface area contributed by atoms with Crippen molar-refractivity contribution in [2.45, 2.75) is 30.8 Å². The van der Waals surface area contributed by atoms with E-state index in [0.717, 1.165) is 23.2 Å². The van der Waals surface area contributed by atoms with Crippen molar-refractivity contribution < 1.29 is 4.52 Å². The molecule has 0 saturated carbocycles. The van der Waals surface area contributed by atoms with E-state index in [1.807, 2.05) is 25.6 Å². The second-order valence-electron chi connectivity index (χ2n) is 3.73. The van der Waals surface area contributed by atoms with Gasteiger partial charge in [-0.05, 0) is 7.05 Å². The van der Waals surface area contributed by atoms with E-state index in [1.54, 1.807) is 0 Å². The molecular formula is C10H17ClN6OS. The van der Waals surface area contributed by atoms with E-state index in [0.29, 0.717) is 18.2 Å². The van der Waals surface area contributed by atoms with Crippen LogP contribution in [0.4, 0.5) is 0 Å². The molecule has 0 atom stereocenters. The van der Waals surface area contributed by atoms with Gasteiger partial charge in [0.15, 0.2) is 11.0 Å². The maximum atomic E-state index is 5.12. The van der Waals surface area contributed by atoms with E-state index in [-0.39, 0.29) is 12.4 Å². The first-order valence-electron chi connectivity index (χ1n) is 5.71. The Morgan fingerprint density at radius 3 is 2.79 bits per heavy atom. The van der Waals surface area contributed by atoms with Crippen LogP contribution in [0.15, 0.2) is 9.68 Å². The first kappa shape index (κ1) is 15.9. The van der Waals surface area contributed by atoms with Gasteiger partial charge in [-0.1, -0.05) is 23.8 Å². The first-order chi connectivity index (χ1) is 8.74. The van der Waals surface area contributed by atoms with Crippen molar-refractivity contribution in [3.05, 3.63) is 17.5 Å². The Morgan fingerprint density at radius 2 is 2.16 bits per heavy atom. The van der Waals surface area contributed by atoms with Gasteiger partial charge in [0.25, 0.3) is 0 Å². The third-order valence-corrected chi connectivity index (χ3v) is 3.42. The molecule has 9 heteroatoms. The molecule has 7 nitrogen and oxygen atoms in total. The molecule has 19 heavy (non-hydrogen) atoms. The van der Waals surface area contributed by atoms with Crippen molar-refractivity contribution in [3.8, 4) is 0 Å². The molecule has 1 N–H and O–H groups in total. The highest BCUT2D eigenvalue weighted by Crippen LogP contribution is 2.20. The van der Waals surface area contributed by atoms with Crippen LogP contribution in [-0.2, 0) is 25.8 Å². The number of thioether (sulfide) groups is 1. The molecule has 0 aliphatic rings. The summed E-state index contributed by atoms with van der Waals surface area (Å²) >= 11 is 1.54. The molecule has 106 valence electrons. The summed E-state index contributed by atoms with van der Waals surface area (Å²) < 4.78 is 7.08. The summed E-state index contributed by atoms with van der Waals surface area (Å²) in [4.78, 5) is 4.25. The minimum absolute atomic E-state index is 0. The molecule has 2 aromatic rings. The average Bonchev–Trinajstić information content (AvgIpc) is 2.96. The molecule has 0 amide bonds. The Kier molecular flexibility index (Phi) is 6.26. The fourth-order valence-corrected chi connectivity index (χ4v) is 2.17. The van der Waals surface area contributed by atoms with Crippen LogP contribution in [0.3, 0.4) is 0 Å². The van der Waals surface area contributed by atoms with Gasteiger partial charge >= 0.3 is 0 Å². The van der Waals surface area contributed by atoms with Gasteiger partial charge in [0, 0.05) is 13.5 Å². The zero-order valence-corrected chi connectivity index (χ0v) is 12.7. The number of aromatic nitrogens is 5. The topological polar surface area (TPSA) is 81.7 Å². The van der Waals surface area contributed by atoms with Gasteiger partial charge in [0.05, 0.1) is 12.3 Å². The summed E-state index contributed by atoms with van der Waals surface area (Å²) in [5.74, 6) is 2.87. The van der Waals surface area contributed by atoms with Gasteiger partial charge in [-0.3, -0.25) is 0 Å². The van der Waals surface area contributed by atoms with Gasteiger partial charge in [-0.25, -0.2) is 0 Å². The predicted molar refractivity (Wildman–Crippen MR) is 74.3 cm³/mol. The lowest BCUT2D eigenvalue weighted by Crippen LogP contribution is -2.10. The second kappa shape index (κ2) is 7.46. The van der Waals surface area contributed by atoms with Crippen molar-refractivity contribution in [2.24, 2.45) is 7.05 Å². The van der Waals surface area contributed by atoms with Crippen LogP contribution in [-0.4, -0.2) is 32.0 Å². The highest BCUT2D eigenvalue weighted by Gasteiger charge is 2.11. The molecule has 0 fully saturated rings. The minimum atomic E-state index is 0. The third-order valence-electron chi connectivity index (χ3n) is 2.41. The summed E-state index contributed by atoms with van der Waals surface area (Å²) in [6.07, 6.45) is 0.782. The molecule has 0 saturated heterocycles. The van der Waals surface area contributed by atoms with Crippen molar-refractivity contribution in [1.29, 1.82) is 0 Å². The summed E-state index contributed by atoms with van der Waals surface area (Å²) in [6, 6.07) is 0. The first-order valence-corrected chi connectivity index (χ1v) is 6.70. The number of halogens is 1. The van der Waals surface area contributed by atoms with Crippen molar-refractivity contribution >= 4 is 24.2 Å². The van der Waals surface area contributed by atoms with Crippen LogP contribution in [0.2, 0.25) is 0 Å². The molecule has 2 aromatic heterocycles. The Hall–Kier alpha value is -1.12. The highest BCUT2D eigenvalue weighted by atomic mass is 35.5. The predicted octanol–water partition coefficient (Wildman–Crippen LogP) is 1.19. The second-order valence-corrected chi connectivity index (χ2v) is 4.68. The van der Waals surface area contributed by atoms with Crippen LogP contribution in [0, 0.1) is 0 Å². The van der Waals surface area contributed by atoms with Crippen LogP contribution in [0.25, 0.3) is 0 Å². The highest BCUT2D eigenvalue weighted by molar-refractivity contribution is 7.98. The van der Waals surface area contributed by atoms with E-state index < -0.39 is 0 Å². The zero-order valence-electron chi connectivity index (χ0n) is 11.1. The SMILES string of the molecule is CCc1noc(CSc2nnc(CNC)n2C)n1.Cl. The minimum Gasteiger partial charge on any atom is -0.338 e. The number of hydrogen-bond acceptors (Lipinski definition) is 7. The molecule has 0 aromatic carbocycles. The summed E-state index contributed by atoms with van der Waals surface area (Å²) in [5, 5.41) is 16.0. The number of aryl methyl sites for hydroxylation is 1. The Labute approximate surface area is 122 Å². The van der Waals surface area contributed by atoms with Gasteiger partial charge in [-0.2, -0.15) is 4.98 Å². The average molecular weight is 305 g/mol. The molecule has 2 heterocycles. The summed E-state index contributed by atoms with van der Waals surface area (Å²) in [7, 11) is 3.83. The smallest absolute Gasteiger partial charge is 0.237 e. The van der Waals surface area contributed by atoms with Crippen molar-refractivity contribution in [1.82, 2.24) is 30.2 Å². The number of nitrogens with one attached hydrogen (secondary N) is 1. The van der Waals surface area contributed by atoms with Crippen molar-refractivity contribution in [3.63, 3.8) is 0 Å². The Bertz CT molecular complexity index is 514. The number of hydrogen-bond donors (Lipinski definition) is 1. The lowest BCUT2D eigenvalue weighted by atomic mass is 10.5. The van der Waals surface area contributed by atoms with Gasteiger partial charge in [0.2, 0.25) is 5.89 Å².